The van der Waals surface area contributed by atoms with Gasteiger partial charge >= 0.3 is 0 Å². The highest BCUT2D eigenvalue weighted by Crippen LogP contribution is 2.29. The van der Waals surface area contributed by atoms with Gasteiger partial charge in [0.25, 0.3) is 0 Å². The first kappa shape index (κ1) is 10.4. The standard InChI is InChI=1S/C10H12ClN3O/c11-8-5-9(13-6-12-8)14-10(15)4-7-2-1-3-7/h5-7H,1-4H2,(H,12,13,14,15). The quantitative estimate of drug-likeness (QED) is 0.803. The van der Waals surface area contributed by atoms with Crippen LogP contribution in [0.4, 0.5) is 5.82 Å². The predicted octanol–water partition coefficient (Wildman–Crippen LogP) is 2.26. The molecule has 1 fully saturated rings. The number of rotatable bonds is 3. The number of nitrogens with one attached hydrogen (secondary N) is 1. The lowest BCUT2D eigenvalue weighted by molar-refractivity contribution is -0.117. The molecule has 0 atom stereocenters. The molecule has 4 nitrogen and oxygen atoms in total. The number of carbonyl (C=O) groups is 1. The molecule has 0 bridgehead atoms. The first-order valence-electron chi connectivity index (χ1n) is 5.01. The maximum atomic E-state index is 11.5. The summed E-state index contributed by atoms with van der Waals surface area (Å²) in [5, 5.41) is 3.04. The minimum absolute atomic E-state index is 0.00877. The zero-order chi connectivity index (χ0) is 10.7. The van der Waals surface area contributed by atoms with Crippen molar-refractivity contribution in [2.45, 2.75) is 25.7 Å². The van der Waals surface area contributed by atoms with Gasteiger partial charge in [-0.15, -0.1) is 0 Å². The van der Waals surface area contributed by atoms with Gasteiger partial charge in [0.2, 0.25) is 5.91 Å². The Morgan fingerprint density at radius 2 is 2.33 bits per heavy atom. The number of anilines is 1. The molecule has 0 unspecified atom stereocenters. The van der Waals surface area contributed by atoms with Crippen LogP contribution in [-0.2, 0) is 4.79 Å². The van der Waals surface area contributed by atoms with Crippen LogP contribution in [0.25, 0.3) is 0 Å². The van der Waals surface area contributed by atoms with Crippen molar-refractivity contribution in [1.29, 1.82) is 0 Å². The van der Waals surface area contributed by atoms with E-state index in [1.807, 2.05) is 0 Å². The molecule has 1 aliphatic carbocycles. The lowest BCUT2D eigenvalue weighted by Crippen LogP contribution is -2.21. The molecule has 1 N–H and O–H groups in total. The van der Waals surface area contributed by atoms with E-state index in [1.54, 1.807) is 6.07 Å². The van der Waals surface area contributed by atoms with Crippen LogP contribution >= 0.6 is 11.6 Å². The van der Waals surface area contributed by atoms with Gasteiger partial charge in [-0.2, -0.15) is 0 Å². The minimum Gasteiger partial charge on any atom is -0.311 e. The summed E-state index contributed by atoms with van der Waals surface area (Å²) in [6.07, 6.45) is 5.50. The van der Waals surface area contributed by atoms with Crippen LogP contribution in [0, 0.1) is 5.92 Å². The topological polar surface area (TPSA) is 54.9 Å². The summed E-state index contributed by atoms with van der Waals surface area (Å²) in [4.78, 5) is 19.2. The summed E-state index contributed by atoms with van der Waals surface area (Å²) < 4.78 is 0. The van der Waals surface area contributed by atoms with Gasteiger partial charge in [0.05, 0.1) is 0 Å². The number of nitrogens with zero attached hydrogens (tertiary/aromatic N) is 2. The third-order valence-electron chi connectivity index (χ3n) is 2.60. The van der Waals surface area contributed by atoms with Gasteiger partial charge in [0.1, 0.15) is 17.3 Å². The van der Waals surface area contributed by atoms with Crippen LogP contribution in [0.15, 0.2) is 12.4 Å². The van der Waals surface area contributed by atoms with Gasteiger partial charge in [-0.3, -0.25) is 4.79 Å². The summed E-state index contributed by atoms with van der Waals surface area (Å²) in [5.74, 6) is 1.04. The zero-order valence-corrected chi connectivity index (χ0v) is 9.00. The normalized spacial score (nSPS) is 15.8. The van der Waals surface area contributed by atoms with Crippen molar-refractivity contribution in [3.05, 3.63) is 17.5 Å². The van der Waals surface area contributed by atoms with Crippen molar-refractivity contribution in [3.8, 4) is 0 Å². The minimum atomic E-state index is 0.00877. The highest BCUT2D eigenvalue weighted by molar-refractivity contribution is 6.29. The number of hydrogen-bond donors (Lipinski definition) is 1. The van der Waals surface area contributed by atoms with Crippen molar-refractivity contribution >= 4 is 23.3 Å². The van der Waals surface area contributed by atoms with Crippen LogP contribution in [0.2, 0.25) is 5.15 Å². The maximum Gasteiger partial charge on any atom is 0.225 e. The summed E-state index contributed by atoms with van der Waals surface area (Å²) in [6, 6.07) is 1.54. The van der Waals surface area contributed by atoms with E-state index < -0.39 is 0 Å². The summed E-state index contributed by atoms with van der Waals surface area (Å²) >= 11 is 5.67. The molecule has 1 aromatic rings. The van der Waals surface area contributed by atoms with Gasteiger partial charge in [-0.1, -0.05) is 18.0 Å². The smallest absolute Gasteiger partial charge is 0.225 e. The molecule has 1 saturated carbocycles. The van der Waals surface area contributed by atoms with E-state index in [0.29, 0.717) is 23.3 Å². The molecule has 0 aromatic carbocycles. The molecule has 1 heterocycles. The van der Waals surface area contributed by atoms with E-state index in [-0.39, 0.29) is 5.91 Å². The van der Waals surface area contributed by atoms with Gasteiger partial charge in [0, 0.05) is 12.5 Å². The third kappa shape index (κ3) is 2.89. The molecule has 80 valence electrons. The third-order valence-corrected chi connectivity index (χ3v) is 2.81. The second kappa shape index (κ2) is 4.57. The first-order chi connectivity index (χ1) is 7.24. The Morgan fingerprint density at radius 1 is 1.53 bits per heavy atom. The molecule has 15 heavy (non-hydrogen) atoms. The Balaban J connectivity index is 1.87. The maximum absolute atomic E-state index is 11.5. The molecule has 0 saturated heterocycles. The van der Waals surface area contributed by atoms with Crippen LogP contribution in [-0.4, -0.2) is 15.9 Å². The van der Waals surface area contributed by atoms with E-state index in [2.05, 4.69) is 15.3 Å². The van der Waals surface area contributed by atoms with Crippen molar-refractivity contribution in [2.75, 3.05) is 5.32 Å². The number of hydrogen-bond acceptors (Lipinski definition) is 3. The Bertz CT molecular complexity index is 365. The van der Waals surface area contributed by atoms with Gasteiger partial charge < -0.3 is 5.32 Å². The Hall–Kier alpha value is -1.16. The molecule has 1 aliphatic rings. The molecule has 1 aromatic heterocycles. The van der Waals surface area contributed by atoms with Crippen molar-refractivity contribution < 1.29 is 4.79 Å². The molecule has 0 spiro atoms. The van der Waals surface area contributed by atoms with Crippen molar-refractivity contribution in [1.82, 2.24) is 9.97 Å². The molecule has 0 aliphatic heterocycles. The largest absolute Gasteiger partial charge is 0.311 e. The average molecular weight is 226 g/mol. The van der Waals surface area contributed by atoms with Crippen LogP contribution in [0.1, 0.15) is 25.7 Å². The Labute approximate surface area is 93.1 Å². The molecule has 0 radical (unpaired) electrons. The monoisotopic (exact) mass is 225 g/mol. The fraction of sp³-hybridized carbons (Fsp3) is 0.500. The number of carbonyl (C=O) groups excluding carboxylic acids is 1. The zero-order valence-electron chi connectivity index (χ0n) is 8.24. The van der Waals surface area contributed by atoms with Crippen molar-refractivity contribution in [3.63, 3.8) is 0 Å². The summed E-state index contributed by atoms with van der Waals surface area (Å²) in [6.45, 7) is 0. The molecule has 2 rings (SSSR count). The number of amides is 1. The lowest BCUT2D eigenvalue weighted by Gasteiger charge is -2.24. The second-order valence-electron chi connectivity index (χ2n) is 3.78. The Morgan fingerprint density at radius 3 is 2.93 bits per heavy atom. The predicted molar refractivity (Wildman–Crippen MR) is 57.6 cm³/mol. The lowest BCUT2D eigenvalue weighted by atomic mass is 9.83. The molecule has 1 amide bonds. The molecular formula is C10H12ClN3O. The second-order valence-corrected chi connectivity index (χ2v) is 4.16. The summed E-state index contributed by atoms with van der Waals surface area (Å²) in [7, 11) is 0. The van der Waals surface area contributed by atoms with Gasteiger partial charge in [0.15, 0.2) is 0 Å². The van der Waals surface area contributed by atoms with E-state index >= 15 is 0 Å². The Kier molecular flexibility index (Phi) is 3.16. The van der Waals surface area contributed by atoms with Gasteiger partial charge in [-0.05, 0) is 18.8 Å². The van der Waals surface area contributed by atoms with E-state index in [4.69, 9.17) is 11.6 Å². The van der Waals surface area contributed by atoms with Gasteiger partial charge in [-0.25, -0.2) is 9.97 Å². The van der Waals surface area contributed by atoms with Crippen LogP contribution in [0.5, 0.6) is 0 Å². The molecule has 5 heteroatoms. The van der Waals surface area contributed by atoms with E-state index in [0.717, 1.165) is 12.8 Å². The van der Waals surface area contributed by atoms with Crippen LogP contribution < -0.4 is 5.32 Å². The highest BCUT2D eigenvalue weighted by Gasteiger charge is 2.20. The fourth-order valence-corrected chi connectivity index (χ4v) is 1.70. The van der Waals surface area contributed by atoms with E-state index in [9.17, 15) is 4.79 Å². The van der Waals surface area contributed by atoms with Crippen molar-refractivity contribution in [2.24, 2.45) is 5.92 Å². The first-order valence-corrected chi connectivity index (χ1v) is 5.39. The molecular weight excluding hydrogens is 214 g/mol. The number of aromatic nitrogens is 2. The summed E-state index contributed by atoms with van der Waals surface area (Å²) in [5.41, 5.74) is 0. The fourth-order valence-electron chi connectivity index (χ4n) is 1.55. The van der Waals surface area contributed by atoms with E-state index in [1.165, 1.54) is 12.7 Å². The number of halogens is 1. The van der Waals surface area contributed by atoms with Crippen LogP contribution in [0.3, 0.4) is 0 Å². The SMILES string of the molecule is O=C(CC1CCC1)Nc1cc(Cl)ncn1. The highest BCUT2D eigenvalue weighted by atomic mass is 35.5. The average Bonchev–Trinajstić information content (AvgIpc) is 2.11.